The van der Waals surface area contributed by atoms with E-state index in [4.69, 9.17) is 4.74 Å². The lowest BCUT2D eigenvalue weighted by Gasteiger charge is -2.27. The Hall–Kier alpha value is -0.0800. The largest absolute Gasteiger partial charge is 0.393 e. The highest BCUT2D eigenvalue weighted by molar-refractivity contribution is 4.88. The molecule has 0 saturated carbocycles. The van der Waals surface area contributed by atoms with Gasteiger partial charge in [-0.1, -0.05) is 27.7 Å². The lowest BCUT2D eigenvalue weighted by atomic mass is 9.80. The third kappa shape index (κ3) is 3.46. The van der Waals surface area contributed by atoms with Gasteiger partial charge in [0.1, 0.15) is 0 Å². The summed E-state index contributed by atoms with van der Waals surface area (Å²) in [6, 6.07) is 0. The van der Waals surface area contributed by atoms with Crippen LogP contribution in [0.25, 0.3) is 0 Å². The molecular formula is C14H28O2. The molecule has 0 amide bonds. The molecule has 0 aliphatic carbocycles. The monoisotopic (exact) mass is 228 g/mol. The molecule has 1 saturated heterocycles. The maximum Gasteiger partial charge on any atom is 0.0607 e. The molecule has 0 spiro atoms. The summed E-state index contributed by atoms with van der Waals surface area (Å²) in [5, 5.41) is 10.3. The number of rotatable bonds is 3. The van der Waals surface area contributed by atoms with Crippen LogP contribution in [0.15, 0.2) is 0 Å². The molecule has 1 heterocycles. The van der Waals surface area contributed by atoms with Gasteiger partial charge in [0.25, 0.3) is 0 Å². The first-order chi connectivity index (χ1) is 7.22. The van der Waals surface area contributed by atoms with Gasteiger partial charge in [-0.05, 0) is 38.0 Å². The Morgan fingerprint density at radius 1 is 1.12 bits per heavy atom. The molecule has 96 valence electrons. The Kier molecular flexibility index (Phi) is 4.42. The van der Waals surface area contributed by atoms with E-state index in [-0.39, 0.29) is 18.3 Å². The summed E-state index contributed by atoms with van der Waals surface area (Å²) in [6.45, 7) is 13.1. The smallest absolute Gasteiger partial charge is 0.0607 e. The van der Waals surface area contributed by atoms with Crippen molar-refractivity contribution in [1.82, 2.24) is 0 Å². The zero-order valence-electron chi connectivity index (χ0n) is 11.7. The van der Waals surface area contributed by atoms with Crippen molar-refractivity contribution in [3.63, 3.8) is 0 Å². The van der Waals surface area contributed by atoms with Crippen LogP contribution in [0.1, 0.15) is 54.4 Å². The van der Waals surface area contributed by atoms with Gasteiger partial charge in [-0.2, -0.15) is 0 Å². The predicted molar refractivity (Wildman–Crippen MR) is 67.4 cm³/mol. The second kappa shape index (κ2) is 5.05. The maximum absolute atomic E-state index is 10.3. The molecular weight excluding hydrogens is 200 g/mol. The van der Waals surface area contributed by atoms with E-state index in [1.165, 1.54) is 0 Å². The van der Waals surface area contributed by atoms with Gasteiger partial charge in [-0.3, -0.25) is 0 Å². The Bertz CT molecular complexity index is 219. The molecule has 5 unspecified atom stereocenters. The number of ether oxygens (including phenoxy) is 1. The van der Waals surface area contributed by atoms with Gasteiger partial charge in [0, 0.05) is 5.92 Å². The highest BCUT2D eigenvalue weighted by atomic mass is 16.5. The molecule has 16 heavy (non-hydrogen) atoms. The Morgan fingerprint density at radius 2 is 1.69 bits per heavy atom. The Balaban J connectivity index is 2.50. The number of aliphatic hydroxyl groups is 1. The fraction of sp³-hybridized carbons (Fsp3) is 1.00. The first-order valence-corrected chi connectivity index (χ1v) is 6.56. The van der Waals surface area contributed by atoms with Crippen LogP contribution >= 0.6 is 0 Å². The van der Waals surface area contributed by atoms with E-state index in [0.717, 1.165) is 12.8 Å². The molecule has 2 nitrogen and oxygen atoms in total. The van der Waals surface area contributed by atoms with Gasteiger partial charge in [-0.15, -0.1) is 0 Å². The molecule has 1 aliphatic rings. The third-order valence-electron chi connectivity index (χ3n) is 3.95. The van der Waals surface area contributed by atoms with Crippen molar-refractivity contribution in [2.24, 2.45) is 17.3 Å². The molecule has 0 radical (unpaired) electrons. The summed E-state index contributed by atoms with van der Waals surface area (Å²) in [5.41, 5.74) is 0.304. The van der Waals surface area contributed by atoms with Gasteiger partial charge in [0.2, 0.25) is 0 Å². The molecule has 1 aliphatic heterocycles. The molecule has 2 heteroatoms. The standard InChI is InChI=1S/C14H28O2/c1-9-10(2)16-11(3)13(9)12(15)7-8-14(4,5)6/h9-13,15H,7-8H2,1-6H3. The van der Waals surface area contributed by atoms with Crippen LogP contribution in [0.5, 0.6) is 0 Å². The van der Waals surface area contributed by atoms with Crippen molar-refractivity contribution >= 4 is 0 Å². The number of hydrogen-bond acceptors (Lipinski definition) is 2. The number of hydrogen-bond donors (Lipinski definition) is 1. The first kappa shape index (κ1) is 14.0. The van der Waals surface area contributed by atoms with E-state index in [1.54, 1.807) is 0 Å². The average Bonchev–Trinajstić information content (AvgIpc) is 2.36. The molecule has 1 N–H and O–H groups in total. The van der Waals surface area contributed by atoms with E-state index >= 15 is 0 Å². The van der Waals surface area contributed by atoms with Gasteiger partial charge in [-0.25, -0.2) is 0 Å². The summed E-state index contributed by atoms with van der Waals surface area (Å²) in [6.07, 6.45) is 2.22. The maximum atomic E-state index is 10.3. The van der Waals surface area contributed by atoms with Crippen molar-refractivity contribution in [1.29, 1.82) is 0 Å². The molecule has 1 rings (SSSR count). The fourth-order valence-corrected chi connectivity index (χ4v) is 2.73. The Labute approximate surface area is 100 Å². The van der Waals surface area contributed by atoms with Crippen molar-refractivity contribution < 1.29 is 9.84 Å². The van der Waals surface area contributed by atoms with Crippen molar-refractivity contribution in [2.75, 3.05) is 0 Å². The van der Waals surface area contributed by atoms with Gasteiger partial charge in [0.05, 0.1) is 18.3 Å². The van der Waals surface area contributed by atoms with Crippen molar-refractivity contribution in [3.05, 3.63) is 0 Å². The zero-order chi connectivity index (χ0) is 12.5. The van der Waals surface area contributed by atoms with Gasteiger partial charge >= 0.3 is 0 Å². The zero-order valence-corrected chi connectivity index (χ0v) is 11.7. The second-order valence-electron chi connectivity index (χ2n) is 6.65. The summed E-state index contributed by atoms with van der Waals surface area (Å²) in [7, 11) is 0. The van der Waals surface area contributed by atoms with E-state index in [0.29, 0.717) is 17.3 Å². The normalized spacial score (nSPS) is 37.7. The van der Waals surface area contributed by atoms with Crippen LogP contribution in [-0.4, -0.2) is 23.4 Å². The van der Waals surface area contributed by atoms with Crippen LogP contribution in [0.3, 0.4) is 0 Å². The fourth-order valence-electron chi connectivity index (χ4n) is 2.73. The minimum Gasteiger partial charge on any atom is -0.393 e. The highest BCUT2D eigenvalue weighted by Crippen LogP contribution is 2.36. The predicted octanol–water partition coefficient (Wildman–Crippen LogP) is 3.23. The molecule has 0 aromatic carbocycles. The van der Waals surface area contributed by atoms with E-state index in [2.05, 4.69) is 41.5 Å². The van der Waals surface area contributed by atoms with E-state index < -0.39 is 0 Å². The van der Waals surface area contributed by atoms with Gasteiger partial charge in [0.15, 0.2) is 0 Å². The van der Waals surface area contributed by atoms with E-state index in [9.17, 15) is 5.11 Å². The van der Waals surface area contributed by atoms with Crippen molar-refractivity contribution in [3.8, 4) is 0 Å². The number of aliphatic hydroxyl groups excluding tert-OH is 1. The quantitative estimate of drug-likeness (QED) is 0.803. The minimum atomic E-state index is -0.214. The van der Waals surface area contributed by atoms with Crippen LogP contribution in [0.2, 0.25) is 0 Å². The highest BCUT2D eigenvalue weighted by Gasteiger charge is 2.41. The van der Waals surface area contributed by atoms with E-state index in [1.807, 2.05) is 0 Å². The average molecular weight is 228 g/mol. The van der Waals surface area contributed by atoms with Crippen molar-refractivity contribution in [2.45, 2.75) is 72.7 Å². The van der Waals surface area contributed by atoms with Crippen LogP contribution in [0.4, 0.5) is 0 Å². The summed E-state index contributed by atoms with van der Waals surface area (Å²) < 4.78 is 5.78. The third-order valence-corrected chi connectivity index (χ3v) is 3.95. The lowest BCUT2D eigenvalue weighted by molar-refractivity contribution is 0.0174. The lowest BCUT2D eigenvalue weighted by Crippen LogP contribution is -2.31. The molecule has 5 atom stereocenters. The molecule has 0 aromatic rings. The summed E-state index contributed by atoms with van der Waals surface area (Å²) in [4.78, 5) is 0. The molecule has 0 aromatic heterocycles. The Morgan fingerprint density at radius 3 is 2.06 bits per heavy atom. The van der Waals surface area contributed by atoms with Crippen LogP contribution < -0.4 is 0 Å². The SMILES string of the molecule is CC1OC(C)C(C(O)CCC(C)(C)C)C1C. The second-order valence-corrected chi connectivity index (χ2v) is 6.65. The molecule has 1 fully saturated rings. The summed E-state index contributed by atoms with van der Waals surface area (Å²) >= 11 is 0. The van der Waals surface area contributed by atoms with Crippen LogP contribution in [0, 0.1) is 17.3 Å². The topological polar surface area (TPSA) is 29.5 Å². The van der Waals surface area contributed by atoms with Gasteiger partial charge < -0.3 is 9.84 Å². The molecule has 0 bridgehead atoms. The summed E-state index contributed by atoms with van der Waals surface area (Å²) in [5.74, 6) is 0.766. The minimum absolute atomic E-state index is 0.194. The van der Waals surface area contributed by atoms with Crippen LogP contribution in [-0.2, 0) is 4.74 Å². The first-order valence-electron chi connectivity index (χ1n) is 6.56.